The minimum atomic E-state index is -5.10. The fraction of sp³-hybridized carbons (Fsp3) is 0.263. The summed E-state index contributed by atoms with van der Waals surface area (Å²) in [6, 6.07) is 6.01. The number of methoxy groups -OCH3 is 1. The molecule has 0 radical (unpaired) electrons. The first-order chi connectivity index (χ1) is 13.8. The summed E-state index contributed by atoms with van der Waals surface area (Å²) in [5.74, 6) is -2.17. The van der Waals surface area contributed by atoms with Crippen LogP contribution in [0.2, 0.25) is 0 Å². The molecule has 0 bridgehead atoms. The molecule has 1 N–H and O–H groups in total. The highest BCUT2D eigenvalue weighted by Crippen LogP contribution is 2.36. The molecule has 1 amide bonds. The van der Waals surface area contributed by atoms with Crippen LogP contribution >= 0.6 is 22.6 Å². The second-order valence-corrected chi connectivity index (χ2v) is 7.42. The number of halogens is 7. The van der Waals surface area contributed by atoms with Crippen LogP contribution in [0.1, 0.15) is 27.0 Å². The van der Waals surface area contributed by atoms with E-state index in [0.29, 0.717) is 17.7 Å². The molecule has 30 heavy (non-hydrogen) atoms. The molecule has 0 aliphatic heterocycles. The van der Waals surface area contributed by atoms with Crippen molar-refractivity contribution < 1.29 is 40.7 Å². The van der Waals surface area contributed by atoms with E-state index in [1.807, 2.05) is 22.6 Å². The maximum atomic E-state index is 13.0. The lowest BCUT2D eigenvalue weighted by Gasteiger charge is -2.18. The van der Waals surface area contributed by atoms with E-state index < -0.39 is 47.0 Å². The average Bonchev–Trinajstić information content (AvgIpc) is 2.65. The maximum absolute atomic E-state index is 13.0. The van der Waals surface area contributed by atoms with Crippen molar-refractivity contribution in [2.75, 3.05) is 7.11 Å². The molecule has 1 atom stereocenters. The number of nitrogens with one attached hydrogen (secondary N) is 1. The van der Waals surface area contributed by atoms with Crippen LogP contribution in [0, 0.1) is 3.57 Å². The van der Waals surface area contributed by atoms with Crippen molar-refractivity contribution in [2.24, 2.45) is 0 Å². The number of amides is 1. The highest BCUT2D eigenvalue weighted by molar-refractivity contribution is 14.1. The topological polar surface area (TPSA) is 55.4 Å². The Hall–Kier alpha value is -2.31. The van der Waals surface area contributed by atoms with Gasteiger partial charge in [-0.2, -0.15) is 26.3 Å². The van der Waals surface area contributed by atoms with Gasteiger partial charge < -0.3 is 10.1 Å². The average molecular weight is 545 g/mol. The number of hydrogen-bond donors (Lipinski definition) is 1. The van der Waals surface area contributed by atoms with Crippen LogP contribution in [-0.4, -0.2) is 25.0 Å². The Labute approximate surface area is 180 Å². The number of rotatable bonds is 5. The van der Waals surface area contributed by atoms with Crippen LogP contribution in [0.15, 0.2) is 42.5 Å². The number of carbonyl (C=O) groups is 2. The van der Waals surface area contributed by atoms with E-state index in [4.69, 9.17) is 0 Å². The van der Waals surface area contributed by atoms with Crippen molar-refractivity contribution >= 4 is 34.5 Å². The summed E-state index contributed by atoms with van der Waals surface area (Å²) in [5, 5.41) is 2.16. The van der Waals surface area contributed by atoms with Gasteiger partial charge in [0.1, 0.15) is 6.04 Å². The number of hydrogen-bond acceptors (Lipinski definition) is 3. The Morgan fingerprint density at radius 1 is 1.00 bits per heavy atom. The van der Waals surface area contributed by atoms with Gasteiger partial charge >= 0.3 is 18.3 Å². The summed E-state index contributed by atoms with van der Waals surface area (Å²) in [7, 11) is 1.04. The molecule has 0 aliphatic carbocycles. The largest absolute Gasteiger partial charge is 0.467 e. The first-order valence-electron chi connectivity index (χ1n) is 8.24. The molecule has 0 fully saturated rings. The van der Waals surface area contributed by atoms with Gasteiger partial charge in [-0.25, -0.2) is 4.79 Å². The smallest absolute Gasteiger partial charge is 0.416 e. The van der Waals surface area contributed by atoms with Crippen molar-refractivity contribution in [3.8, 4) is 0 Å². The summed E-state index contributed by atoms with van der Waals surface area (Å²) in [6.45, 7) is 0. The monoisotopic (exact) mass is 545 g/mol. The quantitative estimate of drug-likeness (QED) is 0.333. The van der Waals surface area contributed by atoms with Crippen LogP contribution < -0.4 is 5.32 Å². The molecular formula is C19H14F6INO3. The first-order valence-corrected chi connectivity index (χ1v) is 9.31. The van der Waals surface area contributed by atoms with Crippen LogP contribution in [-0.2, 0) is 28.3 Å². The van der Waals surface area contributed by atoms with Crippen molar-refractivity contribution in [3.05, 3.63) is 68.3 Å². The highest BCUT2D eigenvalue weighted by atomic mass is 127. The zero-order chi connectivity index (χ0) is 22.7. The summed E-state index contributed by atoms with van der Waals surface area (Å²) < 4.78 is 83.4. The van der Waals surface area contributed by atoms with Gasteiger partial charge in [0.25, 0.3) is 5.91 Å². The molecular weight excluding hydrogens is 531 g/mol. The van der Waals surface area contributed by atoms with Crippen molar-refractivity contribution in [3.63, 3.8) is 0 Å². The van der Waals surface area contributed by atoms with Gasteiger partial charge in [-0.15, -0.1) is 0 Å². The minimum absolute atomic E-state index is 0.0691. The third-order valence-corrected chi connectivity index (χ3v) is 4.64. The molecule has 4 nitrogen and oxygen atoms in total. The zero-order valence-corrected chi connectivity index (χ0v) is 17.4. The van der Waals surface area contributed by atoms with Crippen LogP contribution in [0.5, 0.6) is 0 Å². The Morgan fingerprint density at radius 3 is 2.03 bits per heavy atom. The Balaban J connectivity index is 2.37. The third kappa shape index (κ3) is 6.34. The lowest BCUT2D eigenvalue weighted by Crippen LogP contribution is -2.43. The maximum Gasteiger partial charge on any atom is 0.416 e. The lowest BCUT2D eigenvalue weighted by molar-refractivity contribution is -0.144. The Bertz CT molecular complexity index is 910. The number of ether oxygens (including phenoxy) is 1. The van der Waals surface area contributed by atoms with Crippen LogP contribution in [0.4, 0.5) is 26.3 Å². The second kappa shape index (κ2) is 9.23. The molecule has 0 unspecified atom stereocenters. The fourth-order valence-corrected chi connectivity index (χ4v) is 3.17. The molecule has 11 heteroatoms. The molecule has 2 aromatic rings. The van der Waals surface area contributed by atoms with E-state index in [2.05, 4.69) is 10.1 Å². The molecule has 0 aliphatic rings. The van der Waals surface area contributed by atoms with Crippen LogP contribution in [0.25, 0.3) is 0 Å². The Kier molecular flexibility index (Phi) is 7.37. The van der Waals surface area contributed by atoms with Gasteiger partial charge in [-0.3, -0.25) is 4.79 Å². The van der Waals surface area contributed by atoms with Crippen LogP contribution in [0.3, 0.4) is 0 Å². The molecule has 0 aromatic heterocycles. The number of alkyl halides is 6. The molecule has 162 valence electrons. The van der Waals surface area contributed by atoms with Gasteiger partial charge in [-0.05, 0) is 58.5 Å². The summed E-state index contributed by atoms with van der Waals surface area (Å²) in [6.07, 6.45) is -10.3. The Morgan fingerprint density at radius 2 is 1.57 bits per heavy atom. The minimum Gasteiger partial charge on any atom is -0.467 e. The molecule has 0 saturated heterocycles. The predicted octanol–water partition coefficient (Wildman–Crippen LogP) is 4.84. The fourth-order valence-electron chi connectivity index (χ4n) is 2.56. The SMILES string of the molecule is COC(=O)[C@@H](Cc1cccc(I)c1)NC(=O)c1cc(C(F)(F)F)cc(C(F)(F)F)c1. The predicted molar refractivity (Wildman–Crippen MR) is 103 cm³/mol. The lowest BCUT2D eigenvalue weighted by atomic mass is 10.0. The van der Waals surface area contributed by atoms with E-state index in [-0.39, 0.29) is 12.5 Å². The number of benzene rings is 2. The van der Waals surface area contributed by atoms with E-state index in [0.717, 1.165) is 10.7 Å². The van der Waals surface area contributed by atoms with Gasteiger partial charge in [-0.1, -0.05) is 12.1 Å². The van der Waals surface area contributed by atoms with E-state index >= 15 is 0 Å². The number of esters is 1. The van der Waals surface area contributed by atoms with E-state index in [1.54, 1.807) is 24.3 Å². The zero-order valence-electron chi connectivity index (χ0n) is 15.2. The third-order valence-electron chi connectivity index (χ3n) is 3.97. The molecule has 0 saturated carbocycles. The normalized spacial score (nSPS) is 12.9. The molecule has 0 heterocycles. The standard InChI is InChI=1S/C19H14F6INO3/c1-30-17(29)15(6-10-3-2-4-14(26)5-10)27-16(28)11-7-12(18(20,21)22)9-13(8-11)19(23,24)25/h2-5,7-9,15H,6H2,1H3,(H,27,28)/t15-/m1/s1. The summed E-state index contributed by atoms with van der Waals surface area (Å²) in [5.41, 5.74) is -3.53. The van der Waals surface area contributed by atoms with Gasteiger partial charge in [0.05, 0.1) is 18.2 Å². The van der Waals surface area contributed by atoms with E-state index in [9.17, 15) is 35.9 Å². The molecule has 2 rings (SSSR count). The molecule has 2 aromatic carbocycles. The second-order valence-electron chi connectivity index (χ2n) is 6.18. The van der Waals surface area contributed by atoms with Crippen molar-refractivity contribution in [2.45, 2.75) is 24.8 Å². The van der Waals surface area contributed by atoms with Gasteiger partial charge in [0.2, 0.25) is 0 Å². The number of carbonyl (C=O) groups excluding carboxylic acids is 2. The van der Waals surface area contributed by atoms with Crippen molar-refractivity contribution in [1.29, 1.82) is 0 Å². The highest BCUT2D eigenvalue weighted by Gasteiger charge is 2.37. The van der Waals surface area contributed by atoms with Gasteiger partial charge in [0.15, 0.2) is 0 Å². The summed E-state index contributed by atoms with van der Waals surface area (Å²) >= 11 is 2.02. The molecule has 0 spiro atoms. The first kappa shape index (κ1) is 24.0. The summed E-state index contributed by atoms with van der Waals surface area (Å²) in [4.78, 5) is 24.5. The van der Waals surface area contributed by atoms with E-state index in [1.165, 1.54) is 0 Å². The van der Waals surface area contributed by atoms with Gasteiger partial charge in [0, 0.05) is 15.6 Å². The van der Waals surface area contributed by atoms with Crippen molar-refractivity contribution in [1.82, 2.24) is 5.32 Å².